The minimum atomic E-state index is 0.288. The Morgan fingerprint density at radius 2 is 2.33 bits per heavy atom. The molecule has 0 aromatic heterocycles. The van der Waals surface area contributed by atoms with E-state index >= 15 is 0 Å². The number of hydrogen-bond acceptors (Lipinski definition) is 3. The van der Waals surface area contributed by atoms with Crippen LogP contribution >= 0.6 is 0 Å². The predicted molar refractivity (Wildman–Crippen MR) is 50.2 cm³/mol. The molecule has 1 aliphatic heterocycles. The zero-order valence-electron chi connectivity index (χ0n) is 7.92. The topological polar surface area (TPSA) is 35.5 Å². The van der Waals surface area contributed by atoms with Crippen molar-refractivity contribution in [2.45, 2.75) is 25.3 Å². The van der Waals surface area contributed by atoms with Crippen LogP contribution in [0.2, 0.25) is 0 Å². The first kappa shape index (κ1) is 9.96. The molecular weight excluding hydrogens is 152 g/mol. The lowest BCUT2D eigenvalue weighted by Gasteiger charge is -2.22. The first-order valence-corrected chi connectivity index (χ1v) is 4.87. The summed E-state index contributed by atoms with van der Waals surface area (Å²) in [6.07, 6.45) is 3.87. The van der Waals surface area contributed by atoms with Crippen LogP contribution in [0.1, 0.15) is 19.3 Å². The SMILES string of the molecule is CNC1CCCCN(CCO)C1. The Bertz CT molecular complexity index is 119. The van der Waals surface area contributed by atoms with E-state index in [0.717, 1.165) is 19.6 Å². The maximum Gasteiger partial charge on any atom is 0.0558 e. The van der Waals surface area contributed by atoms with Crippen LogP contribution in [-0.4, -0.2) is 49.3 Å². The quantitative estimate of drug-likeness (QED) is 0.631. The number of likely N-dealkylation sites (tertiary alicyclic amines) is 1. The summed E-state index contributed by atoms with van der Waals surface area (Å²) in [5.74, 6) is 0. The number of hydrogen-bond donors (Lipinski definition) is 2. The van der Waals surface area contributed by atoms with E-state index in [2.05, 4.69) is 10.2 Å². The fourth-order valence-corrected chi connectivity index (χ4v) is 1.80. The molecule has 1 unspecified atom stereocenters. The number of β-amino-alcohol motifs (C(OH)–C–C–N with tert-alkyl or cyclic N) is 1. The molecular formula is C9H20N2O. The Balaban J connectivity index is 2.31. The summed E-state index contributed by atoms with van der Waals surface area (Å²) in [7, 11) is 2.02. The van der Waals surface area contributed by atoms with Crippen molar-refractivity contribution < 1.29 is 5.11 Å². The van der Waals surface area contributed by atoms with Crippen LogP contribution in [0.4, 0.5) is 0 Å². The van der Waals surface area contributed by atoms with Crippen molar-refractivity contribution in [3.05, 3.63) is 0 Å². The van der Waals surface area contributed by atoms with Crippen molar-refractivity contribution in [3.8, 4) is 0 Å². The average molecular weight is 172 g/mol. The Morgan fingerprint density at radius 1 is 1.50 bits per heavy atom. The number of nitrogens with one attached hydrogen (secondary N) is 1. The fraction of sp³-hybridized carbons (Fsp3) is 1.00. The van der Waals surface area contributed by atoms with E-state index in [9.17, 15) is 0 Å². The summed E-state index contributed by atoms with van der Waals surface area (Å²) in [6.45, 7) is 3.37. The summed E-state index contributed by atoms with van der Waals surface area (Å²) < 4.78 is 0. The number of aliphatic hydroxyl groups is 1. The molecule has 0 aromatic rings. The van der Waals surface area contributed by atoms with Gasteiger partial charge in [0.25, 0.3) is 0 Å². The number of nitrogens with zero attached hydrogens (tertiary/aromatic N) is 1. The maximum atomic E-state index is 8.81. The molecule has 2 N–H and O–H groups in total. The molecule has 12 heavy (non-hydrogen) atoms. The van der Waals surface area contributed by atoms with Crippen molar-refractivity contribution >= 4 is 0 Å². The zero-order valence-corrected chi connectivity index (χ0v) is 7.92. The normalized spacial score (nSPS) is 27.0. The largest absolute Gasteiger partial charge is 0.395 e. The Hall–Kier alpha value is -0.120. The van der Waals surface area contributed by atoms with E-state index in [-0.39, 0.29) is 6.61 Å². The molecule has 1 aliphatic rings. The third-order valence-electron chi connectivity index (χ3n) is 2.58. The lowest BCUT2D eigenvalue weighted by atomic mass is 10.1. The van der Waals surface area contributed by atoms with Gasteiger partial charge in [0, 0.05) is 19.1 Å². The standard InChI is InChI=1S/C9H20N2O/c1-10-9-4-2-3-5-11(8-9)6-7-12/h9-10,12H,2-8H2,1H3. The molecule has 0 spiro atoms. The first-order chi connectivity index (χ1) is 5.86. The van der Waals surface area contributed by atoms with Gasteiger partial charge in [0.05, 0.1) is 6.61 Å². The van der Waals surface area contributed by atoms with Crippen LogP contribution in [0.15, 0.2) is 0 Å². The molecule has 3 nitrogen and oxygen atoms in total. The third kappa shape index (κ3) is 3.09. The highest BCUT2D eigenvalue weighted by atomic mass is 16.3. The molecule has 1 saturated heterocycles. The second-order valence-corrected chi connectivity index (χ2v) is 3.51. The van der Waals surface area contributed by atoms with Gasteiger partial charge in [-0.15, -0.1) is 0 Å². The summed E-state index contributed by atoms with van der Waals surface area (Å²) >= 11 is 0. The van der Waals surface area contributed by atoms with E-state index < -0.39 is 0 Å². The Kier molecular flexibility index (Phi) is 4.58. The highest BCUT2D eigenvalue weighted by Crippen LogP contribution is 2.09. The fourth-order valence-electron chi connectivity index (χ4n) is 1.80. The van der Waals surface area contributed by atoms with Gasteiger partial charge >= 0.3 is 0 Å². The minimum absolute atomic E-state index is 0.288. The van der Waals surface area contributed by atoms with E-state index in [1.807, 2.05) is 7.05 Å². The van der Waals surface area contributed by atoms with Crippen LogP contribution in [-0.2, 0) is 0 Å². The van der Waals surface area contributed by atoms with Crippen molar-refractivity contribution in [2.75, 3.05) is 33.3 Å². The van der Waals surface area contributed by atoms with Crippen molar-refractivity contribution in [2.24, 2.45) is 0 Å². The monoisotopic (exact) mass is 172 g/mol. The van der Waals surface area contributed by atoms with Crippen molar-refractivity contribution in [1.29, 1.82) is 0 Å². The lowest BCUT2D eigenvalue weighted by Crippen LogP contribution is -2.39. The molecule has 0 radical (unpaired) electrons. The molecule has 1 rings (SSSR count). The molecule has 0 amide bonds. The van der Waals surface area contributed by atoms with Crippen molar-refractivity contribution in [3.63, 3.8) is 0 Å². The average Bonchev–Trinajstić information content (AvgIpc) is 2.30. The van der Waals surface area contributed by atoms with Gasteiger partial charge in [-0.05, 0) is 26.4 Å². The van der Waals surface area contributed by atoms with Gasteiger partial charge in [0.2, 0.25) is 0 Å². The van der Waals surface area contributed by atoms with E-state index in [1.54, 1.807) is 0 Å². The van der Waals surface area contributed by atoms with Crippen molar-refractivity contribution in [1.82, 2.24) is 10.2 Å². The first-order valence-electron chi connectivity index (χ1n) is 4.87. The Morgan fingerprint density at radius 3 is 3.00 bits per heavy atom. The molecule has 1 fully saturated rings. The minimum Gasteiger partial charge on any atom is -0.395 e. The summed E-state index contributed by atoms with van der Waals surface area (Å²) in [4.78, 5) is 2.34. The zero-order chi connectivity index (χ0) is 8.81. The van der Waals surface area contributed by atoms with Gasteiger partial charge in [0.1, 0.15) is 0 Å². The molecule has 72 valence electrons. The molecule has 3 heteroatoms. The van der Waals surface area contributed by atoms with Gasteiger partial charge in [-0.2, -0.15) is 0 Å². The van der Waals surface area contributed by atoms with Crippen LogP contribution in [0.5, 0.6) is 0 Å². The molecule has 0 aromatic carbocycles. The number of likely N-dealkylation sites (N-methyl/N-ethyl adjacent to an activating group) is 1. The number of aliphatic hydroxyl groups excluding tert-OH is 1. The molecule has 0 aliphatic carbocycles. The van der Waals surface area contributed by atoms with Crippen LogP contribution < -0.4 is 5.32 Å². The summed E-state index contributed by atoms with van der Waals surface area (Å²) in [5.41, 5.74) is 0. The highest BCUT2D eigenvalue weighted by molar-refractivity contribution is 4.74. The van der Waals surface area contributed by atoms with E-state index in [4.69, 9.17) is 5.11 Å². The molecule has 1 atom stereocenters. The van der Waals surface area contributed by atoms with Gasteiger partial charge in [-0.25, -0.2) is 0 Å². The van der Waals surface area contributed by atoms with Gasteiger partial charge in [-0.1, -0.05) is 6.42 Å². The maximum absolute atomic E-state index is 8.81. The second-order valence-electron chi connectivity index (χ2n) is 3.51. The summed E-state index contributed by atoms with van der Waals surface area (Å²) in [6, 6.07) is 0.624. The third-order valence-corrected chi connectivity index (χ3v) is 2.58. The smallest absolute Gasteiger partial charge is 0.0558 e. The molecule has 0 saturated carbocycles. The molecule has 1 heterocycles. The highest BCUT2D eigenvalue weighted by Gasteiger charge is 2.15. The summed E-state index contributed by atoms with van der Waals surface area (Å²) in [5, 5.41) is 12.1. The van der Waals surface area contributed by atoms with Crippen LogP contribution in [0.3, 0.4) is 0 Å². The van der Waals surface area contributed by atoms with E-state index in [0.29, 0.717) is 6.04 Å². The van der Waals surface area contributed by atoms with Crippen LogP contribution in [0.25, 0.3) is 0 Å². The number of rotatable bonds is 3. The van der Waals surface area contributed by atoms with Gasteiger partial charge in [0.15, 0.2) is 0 Å². The van der Waals surface area contributed by atoms with Gasteiger partial charge in [-0.3, -0.25) is 4.90 Å². The van der Waals surface area contributed by atoms with E-state index in [1.165, 1.54) is 19.3 Å². The second kappa shape index (κ2) is 5.51. The van der Waals surface area contributed by atoms with Gasteiger partial charge < -0.3 is 10.4 Å². The Labute approximate surface area is 74.8 Å². The van der Waals surface area contributed by atoms with Crippen LogP contribution in [0, 0.1) is 0 Å². The predicted octanol–water partition coefficient (Wildman–Crippen LogP) is 0.0526. The molecule has 0 bridgehead atoms. The lowest BCUT2D eigenvalue weighted by molar-refractivity contribution is 0.191.